The average Bonchev–Trinajstić information content (AvgIpc) is 3.21. The van der Waals surface area contributed by atoms with E-state index in [0.717, 1.165) is 36.4 Å². The lowest BCUT2D eigenvalue weighted by molar-refractivity contribution is -0.156. The number of amides is 2. The molecule has 7 nitrogen and oxygen atoms in total. The smallest absolute Gasteiger partial charge is 0.247 e. The summed E-state index contributed by atoms with van der Waals surface area (Å²) in [6, 6.07) is 8.07. The third-order valence-electron chi connectivity index (χ3n) is 6.16. The van der Waals surface area contributed by atoms with Gasteiger partial charge in [-0.2, -0.15) is 4.31 Å². The summed E-state index contributed by atoms with van der Waals surface area (Å²) in [4.78, 5) is 28.3. The molecule has 0 aromatic heterocycles. The molecule has 2 aliphatic rings. The highest BCUT2D eigenvalue weighted by atomic mass is 32.2. The second kappa shape index (κ2) is 9.06. The molecule has 2 amide bonds. The van der Waals surface area contributed by atoms with Gasteiger partial charge in [0.2, 0.25) is 21.8 Å². The Morgan fingerprint density at radius 1 is 1.20 bits per heavy atom. The van der Waals surface area contributed by atoms with Gasteiger partial charge in [-0.1, -0.05) is 44.9 Å². The van der Waals surface area contributed by atoms with E-state index in [1.165, 1.54) is 12.1 Å². The van der Waals surface area contributed by atoms with Crippen molar-refractivity contribution in [2.75, 3.05) is 19.6 Å². The number of hydrogen-bond acceptors (Lipinski definition) is 4. The molecule has 1 saturated heterocycles. The molecule has 0 spiro atoms. The standard InChI is InChI=1S/C22H33N3O4S/c1-17(2)13-14-23-21(27)22(3)16-24(30(28,29)19-11-5-4-6-12-19)15-20(26)25(22)18-9-7-8-10-18/h4-6,11-12,17-18H,7-10,13-16H2,1-3H3,(H,23,27)/t22-/m1/s1. The molecule has 1 aliphatic heterocycles. The number of nitrogens with zero attached hydrogens (tertiary/aromatic N) is 2. The molecule has 0 unspecified atom stereocenters. The van der Waals surface area contributed by atoms with Gasteiger partial charge in [-0.25, -0.2) is 8.42 Å². The van der Waals surface area contributed by atoms with Crippen molar-refractivity contribution in [2.45, 2.75) is 69.4 Å². The highest BCUT2D eigenvalue weighted by molar-refractivity contribution is 7.89. The number of piperazine rings is 1. The number of nitrogens with one attached hydrogen (secondary N) is 1. The van der Waals surface area contributed by atoms with Crippen LogP contribution in [-0.4, -0.2) is 60.7 Å². The average molecular weight is 436 g/mol. The number of carbonyl (C=O) groups is 2. The molecule has 8 heteroatoms. The van der Waals surface area contributed by atoms with Gasteiger partial charge in [-0.3, -0.25) is 9.59 Å². The molecule has 1 atom stereocenters. The summed E-state index contributed by atoms with van der Waals surface area (Å²) in [5.74, 6) is -0.141. The maximum Gasteiger partial charge on any atom is 0.247 e. The van der Waals surface area contributed by atoms with Crippen molar-refractivity contribution in [2.24, 2.45) is 5.92 Å². The van der Waals surface area contributed by atoms with Crippen LogP contribution in [0.2, 0.25) is 0 Å². The zero-order chi connectivity index (χ0) is 21.9. The lowest BCUT2D eigenvalue weighted by Crippen LogP contribution is -2.71. The first-order chi connectivity index (χ1) is 14.2. The number of carbonyl (C=O) groups excluding carboxylic acids is 2. The number of benzene rings is 1. The van der Waals surface area contributed by atoms with E-state index in [0.29, 0.717) is 12.5 Å². The Balaban J connectivity index is 1.91. The summed E-state index contributed by atoms with van der Waals surface area (Å²) in [7, 11) is -3.87. The van der Waals surface area contributed by atoms with Gasteiger partial charge >= 0.3 is 0 Å². The first kappa shape index (κ1) is 22.7. The molecule has 1 N–H and O–H groups in total. The van der Waals surface area contributed by atoms with Crippen LogP contribution in [0, 0.1) is 5.92 Å². The van der Waals surface area contributed by atoms with E-state index in [1.807, 2.05) is 0 Å². The van der Waals surface area contributed by atoms with E-state index >= 15 is 0 Å². The van der Waals surface area contributed by atoms with Gasteiger partial charge in [-0.15, -0.1) is 0 Å². The Morgan fingerprint density at radius 2 is 1.83 bits per heavy atom. The quantitative estimate of drug-likeness (QED) is 0.712. The van der Waals surface area contributed by atoms with E-state index in [4.69, 9.17) is 0 Å². The molecule has 1 aromatic rings. The Labute approximate surface area is 179 Å². The van der Waals surface area contributed by atoms with Crippen molar-refractivity contribution in [3.8, 4) is 0 Å². The van der Waals surface area contributed by atoms with Crippen molar-refractivity contribution in [3.05, 3.63) is 30.3 Å². The van der Waals surface area contributed by atoms with Crippen molar-refractivity contribution in [1.82, 2.24) is 14.5 Å². The van der Waals surface area contributed by atoms with E-state index in [1.54, 1.807) is 30.0 Å². The number of sulfonamides is 1. The summed E-state index contributed by atoms with van der Waals surface area (Å²) in [5, 5.41) is 2.96. The molecule has 0 radical (unpaired) electrons. The van der Waals surface area contributed by atoms with Gasteiger partial charge < -0.3 is 10.2 Å². The molecule has 1 aromatic carbocycles. The lowest BCUT2D eigenvalue weighted by Gasteiger charge is -2.49. The predicted molar refractivity (Wildman–Crippen MR) is 115 cm³/mol. The molecule has 0 bridgehead atoms. The first-order valence-electron chi connectivity index (χ1n) is 10.8. The van der Waals surface area contributed by atoms with Crippen molar-refractivity contribution >= 4 is 21.8 Å². The first-order valence-corrected chi connectivity index (χ1v) is 12.3. The van der Waals surface area contributed by atoms with Gasteiger partial charge in [-0.05, 0) is 44.2 Å². The third kappa shape index (κ3) is 4.54. The summed E-state index contributed by atoms with van der Waals surface area (Å²) < 4.78 is 27.6. The Bertz CT molecular complexity index is 866. The zero-order valence-electron chi connectivity index (χ0n) is 18.1. The molecule has 1 saturated carbocycles. The van der Waals surface area contributed by atoms with E-state index in [2.05, 4.69) is 19.2 Å². The summed E-state index contributed by atoms with van der Waals surface area (Å²) in [5.41, 5.74) is -1.23. The Kier molecular flexibility index (Phi) is 6.87. The number of hydrogen-bond donors (Lipinski definition) is 1. The lowest BCUT2D eigenvalue weighted by atomic mass is 9.92. The molecular weight excluding hydrogens is 402 g/mol. The molecule has 2 fully saturated rings. The largest absolute Gasteiger partial charge is 0.354 e. The van der Waals surface area contributed by atoms with Gasteiger partial charge in [0.15, 0.2) is 0 Å². The Morgan fingerprint density at radius 3 is 2.43 bits per heavy atom. The number of rotatable bonds is 7. The SMILES string of the molecule is CC(C)CCNC(=O)[C@@]1(C)CN(S(=O)(=O)c2ccccc2)CC(=O)N1C1CCCC1. The molecular formula is C22H33N3O4S. The predicted octanol–water partition coefficient (Wildman–Crippen LogP) is 2.38. The fraction of sp³-hybridized carbons (Fsp3) is 0.636. The van der Waals surface area contributed by atoms with E-state index in [-0.39, 0.29) is 35.8 Å². The van der Waals surface area contributed by atoms with Crippen LogP contribution in [0.25, 0.3) is 0 Å². The van der Waals surface area contributed by atoms with Gasteiger partial charge in [0.25, 0.3) is 0 Å². The topological polar surface area (TPSA) is 86.8 Å². The maximum absolute atomic E-state index is 13.3. The van der Waals surface area contributed by atoms with Crippen molar-refractivity contribution < 1.29 is 18.0 Å². The minimum atomic E-state index is -3.87. The van der Waals surface area contributed by atoms with E-state index < -0.39 is 15.6 Å². The molecule has 30 heavy (non-hydrogen) atoms. The highest BCUT2D eigenvalue weighted by Gasteiger charge is 2.52. The Hall–Kier alpha value is -1.93. The monoisotopic (exact) mass is 435 g/mol. The van der Waals surface area contributed by atoms with Gasteiger partial charge in [0, 0.05) is 19.1 Å². The zero-order valence-corrected chi connectivity index (χ0v) is 19.0. The van der Waals surface area contributed by atoms with Gasteiger partial charge in [0.1, 0.15) is 5.54 Å². The van der Waals surface area contributed by atoms with Gasteiger partial charge in [0.05, 0.1) is 11.4 Å². The van der Waals surface area contributed by atoms with E-state index in [9.17, 15) is 18.0 Å². The van der Waals surface area contributed by atoms with Crippen LogP contribution in [0.4, 0.5) is 0 Å². The molecule has 1 heterocycles. The summed E-state index contributed by atoms with van der Waals surface area (Å²) >= 11 is 0. The second-order valence-electron chi connectivity index (χ2n) is 9.00. The summed E-state index contributed by atoms with van der Waals surface area (Å²) in [6.07, 6.45) is 4.57. The minimum Gasteiger partial charge on any atom is -0.354 e. The maximum atomic E-state index is 13.3. The van der Waals surface area contributed by atoms with Crippen LogP contribution in [-0.2, 0) is 19.6 Å². The third-order valence-corrected chi connectivity index (χ3v) is 7.97. The normalized spacial score (nSPS) is 23.9. The minimum absolute atomic E-state index is 0.0140. The molecule has 3 rings (SSSR count). The van der Waals surface area contributed by atoms with Crippen LogP contribution in [0.1, 0.15) is 52.9 Å². The van der Waals surface area contributed by atoms with Crippen LogP contribution in [0.5, 0.6) is 0 Å². The fourth-order valence-electron chi connectivity index (χ4n) is 4.50. The van der Waals surface area contributed by atoms with Crippen molar-refractivity contribution in [1.29, 1.82) is 0 Å². The fourth-order valence-corrected chi connectivity index (χ4v) is 6.01. The van der Waals surface area contributed by atoms with Crippen LogP contribution >= 0.6 is 0 Å². The van der Waals surface area contributed by atoms with Crippen LogP contribution in [0.3, 0.4) is 0 Å². The van der Waals surface area contributed by atoms with Crippen LogP contribution in [0.15, 0.2) is 35.2 Å². The molecule has 1 aliphatic carbocycles. The van der Waals surface area contributed by atoms with Crippen LogP contribution < -0.4 is 5.32 Å². The highest BCUT2D eigenvalue weighted by Crippen LogP contribution is 2.34. The molecule has 166 valence electrons. The second-order valence-corrected chi connectivity index (χ2v) is 10.9. The van der Waals surface area contributed by atoms with Crippen molar-refractivity contribution in [3.63, 3.8) is 0 Å². The summed E-state index contributed by atoms with van der Waals surface area (Å²) in [6.45, 7) is 6.10.